The van der Waals surface area contributed by atoms with Crippen molar-refractivity contribution in [3.05, 3.63) is 45.8 Å². The molecule has 19 heavy (non-hydrogen) atoms. The van der Waals surface area contributed by atoms with E-state index in [0.717, 1.165) is 22.6 Å². The molecule has 0 spiro atoms. The summed E-state index contributed by atoms with van der Waals surface area (Å²) in [5.74, 6) is 0.720. The van der Waals surface area contributed by atoms with Gasteiger partial charge in [-0.2, -0.15) is 0 Å². The molecule has 4 heteroatoms. The van der Waals surface area contributed by atoms with Gasteiger partial charge in [0.25, 0.3) is 0 Å². The topological polar surface area (TPSA) is 25.8 Å². The number of halogens is 2. The van der Waals surface area contributed by atoms with Crippen LogP contribution in [-0.4, -0.2) is 9.97 Å². The summed E-state index contributed by atoms with van der Waals surface area (Å²) in [4.78, 5) is 9.03. The molecule has 0 unspecified atom stereocenters. The molecular formula is C15H16Cl2N2. The fraction of sp³-hybridized carbons (Fsp3) is 0.333. The van der Waals surface area contributed by atoms with Crippen molar-refractivity contribution in [1.82, 2.24) is 9.97 Å². The molecule has 0 aliphatic heterocycles. The maximum Gasteiger partial charge on any atom is 0.136 e. The lowest BCUT2D eigenvalue weighted by atomic mass is 9.95. The van der Waals surface area contributed by atoms with Crippen LogP contribution in [0, 0.1) is 6.92 Å². The second-order valence-corrected chi connectivity index (χ2v) is 6.31. The van der Waals surface area contributed by atoms with Crippen molar-refractivity contribution in [3.63, 3.8) is 0 Å². The summed E-state index contributed by atoms with van der Waals surface area (Å²) in [7, 11) is 0. The molecule has 2 aromatic rings. The van der Waals surface area contributed by atoms with E-state index in [9.17, 15) is 0 Å². The van der Waals surface area contributed by atoms with E-state index in [-0.39, 0.29) is 5.41 Å². The van der Waals surface area contributed by atoms with Crippen LogP contribution in [0.15, 0.2) is 24.3 Å². The fourth-order valence-electron chi connectivity index (χ4n) is 1.74. The van der Waals surface area contributed by atoms with Gasteiger partial charge in [-0.05, 0) is 13.0 Å². The van der Waals surface area contributed by atoms with Crippen LogP contribution in [0.25, 0.3) is 11.3 Å². The molecular weight excluding hydrogens is 279 g/mol. The summed E-state index contributed by atoms with van der Waals surface area (Å²) in [6.07, 6.45) is 0. The SMILES string of the molecule is Cc1c(Cl)nc(C(C)(C)C)nc1-c1ccccc1Cl. The van der Waals surface area contributed by atoms with Gasteiger partial charge < -0.3 is 0 Å². The van der Waals surface area contributed by atoms with E-state index in [1.165, 1.54) is 0 Å². The summed E-state index contributed by atoms with van der Waals surface area (Å²) in [6.45, 7) is 8.09. The van der Waals surface area contributed by atoms with Crippen LogP contribution < -0.4 is 0 Å². The van der Waals surface area contributed by atoms with Gasteiger partial charge in [0.2, 0.25) is 0 Å². The minimum Gasteiger partial charge on any atom is -0.232 e. The summed E-state index contributed by atoms with van der Waals surface area (Å²) in [5, 5.41) is 1.15. The number of hydrogen-bond acceptors (Lipinski definition) is 2. The monoisotopic (exact) mass is 294 g/mol. The maximum atomic E-state index is 6.25. The molecule has 0 amide bonds. The minimum atomic E-state index is -0.159. The predicted octanol–water partition coefficient (Wildman–Crippen LogP) is 5.06. The summed E-state index contributed by atoms with van der Waals surface area (Å²) < 4.78 is 0. The normalized spacial score (nSPS) is 11.7. The third kappa shape index (κ3) is 2.90. The molecule has 100 valence electrons. The van der Waals surface area contributed by atoms with E-state index in [1.807, 2.05) is 31.2 Å². The second kappa shape index (κ2) is 5.10. The predicted molar refractivity (Wildman–Crippen MR) is 80.9 cm³/mol. The van der Waals surface area contributed by atoms with E-state index in [1.54, 1.807) is 0 Å². The van der Waals surface area contributed by atoms with Gasteiger partial charge in [0.15, 0.2) is 0 Å². The van der Waals surface area contributed by atoms with Gasteiger partial charge in [-0.15, -0.1) is 0 Å². The first kappa shape index (κ1) is 14.3. The first-order valence-corrected chi connectivity index (χ1v) is 6.86. The van der Waals surface area contributed by atoms with Crippen molar-refractivity contribution in [3.8, 4) is 11.3 Å². The zero-order chi connectivity index (χ0) is 14.2. The van der Waals surface area contributed by atoms with E-state index in [0.29, 0.717) is 10.2 Å². The third-order valence-electron chi connectivity index (χ3n) is 2.89. The molecule has 0 atom stereocenters. The number of nitrogens with zero attached hydrogens (tertiary/aromatic N) is 2. The molecule has 0 aliphatic carbocycles. The highest BCUT2D eigenvalue weighted by atomic mass is 35.5. The highest BCUT2D eigenvalue weighted by Gasteiger charge is 2.21. The van der Waals surface area contributed by atoms with Gasteiger partial charge in [0.1, 0.15) is 11.0 Å². The first-order chi connectivity index (χ1) is 8.80. The van der Waals surface area contributed by atoms with Gasteiger partial charge in [-0.1, -0.05) is 62.2 Å². The zero-order valence-corrected chi connectivity index (χ0v) is 13.0. The smallest absolute Gasteiger partial charge is 0.136 e. The Labute approximate surface area is 123 Å². The van der Waals surface area contributed by atoms with Crippen LogP contribution in [0.2, 0.25) is 10.2 Å². The van der Waals surface area contributed by atoms with Crippen molar-refractivity contribution >= 4 is 23.2 Å². The molecule has 1 heterocycles. The molecule has 0 saturated heterocycles. The lowest BCUT2D eigenvalue weighted by Crippen LogP contribution is -2.17. The maximum absolute atomic E-state index is 6.25. The van der Waals surface area contributed by atoms with E-state index in [4.69, 9.17) is 23.2 Å². The van der Waals surface area contributed by atoms with Gasteiger partial charge in [0, 0.05) is 21.6 Å². The average molecular weight is 295 g/mol. The quantitative estimate of drug-likeness (QED) is 0.687. The Balaban J connectivity index is 2.70. The van der Waals surface area contributed by atoms with Crippen molar-refractivity contribution in [1.29, 1.82) is 0 Å². The van der Waals surface area contributed by atoms with Gasteiger partial charge >= 0.3 is 0 Å². The van der Waals surface area contributed by atoms with E-state index in [2.05, 4.69) is 30.7 Å². The molecule has 0 saturated carbocycles. The van der Waals surface area contributed by atoms with Gasteiger partial charge in [-0.25, -0.2) is 9.97 Å². The molecule has 2 nitrogen and oxygen atoms in total. The molecule has 0 N–H and O–H groups in total. The molecule has 0 radical (unpaired) electrons. The summed E-state index contributed by atoms with van der Waals surface area (Å²) >= 11 is 12.5. The Morgan fingerprint density at radius 3 is 2.21 bits per heavy atom. The van der Waals surface area contributed by atoms with E-state index >= 15 is 0 Å². The van der Waals surface area contributed by atoms with Gasteiger partial charge in [0.05, 0.1) is 5.69 Å². The second-order valence-electron chi connectivity index (χ2n) is 5.54. The molecule has 1 aromatic carbocycles. The standard InChI is InChI=1S/C15H16Cl2N2/c1-9-12(10-7-5-6-8-11(10)16)18-14(15(2,3)4)19-13(9)17/h5-8H,1-4H3. The Morgan fingerprint density at radius 2 is 1.63 bits per heavy atom. The van der Waals surface area contributed by atoms with Crippen LogP contribution >= 0.6 is 23.2 Å². The lowest BCUT2D eigenvalue weighted by molar-refractivity contribution is 0.545. The number of hydrogen-bond donors (Lipinski definition) is 0. The molecule has 0 bridgehead atoms. The van der Waals surface area contributed by atoms with Crippen molar-refractivity contribution < 1.29 is 0 Å². The van der Waals surface area contributed by atoms with Crippen LogP contribution in [0.3, 0.4) is 0 Å². The van der Waals surface area contributed by atoms with Crippen LogP contribution in [0.1, 0.15) is 32.2 Å². The fourth-order valence-corrected chi connectivity index (χ4v) is 2.13. The zero-order valence-electron chi connectivity index (χ0n) is 11.5. The number of rotatable bonds is 1. The van der Waals surface area contributed by atoms with Crippen LogP contribution in [0.5, 0.6) is 0 Å². The average Bonchev–Trinajstić information content (AvgIpc) is 2.32. The minimum absolute atomic E-state index is 0.159. The lowest BCUT2D eigenvalue weighted by Gasteiger charge is -2.19. The Kier molecular flexibility index (Phi) is 3.84. The third-order valence-corrected chi connectivity index (χ3v) is 3.58. The largest absolute Gasteiger partial charge is 0.232 e. The first-order valence-electron chi connectivity index (χ1n) is 6.10. The Hall–Kier alpha value is -1.12. The number of aromatic nitrogens is 2. The summed E-state index contributed by atoms with van der Waals surface area (Å²) in [5.41, 5.74) is 2.38. The molecule has 0 fully saturated rings. The molecule has 2 rings (SSSR count). The molecule has 0 aliphatic rings. The molecule has 1 aromatic heterocycles. The van der Waals surface area contributed by atoms with E-state index < -0.39 is 0 Å². The van der Waals surface area contributed by atoms with Crippen molar-refractivity contribution in [2.24, 2.45) is 0 Å². The van der Waals surface area contributed by atoms with Gasteiger partial charge in [-0.3, -0.25) is 0 Å². The Morgan fingerprint density at radius 1 is 1.00 bits per heavy atom. The highest BCUT2D eigenvalue weighted by Crippen LogP contribution is 2.33. The van der Waals surface area contributed by atoms with Crippen LogP contribution in [0.4, 0.5) is 0 Å². The number of benzene rings is 1. The van der Waals surface area contributed by atoms with Crippen molar-refractivity contribution in [2.45, 2.75) is 33.1 Å². The highest BCUT2D eigenvalue weighted by molar-refractivity contribution is 6.33. The van der Waals surface area contributed by atoms with Crippen molar-refractivity contribution in [2.75, 3.05) is 0 Å². The summed E-state index contributed by atoms with van der Waals surface area (Å²) in [6, 6.07) is 7.63. The Bertz CT molecular complexity index is 616. The van der Waals surface area contributed by atoms with Crippen LogP contribution in [-0.2, 0) is 5.41 Å².